The molecular weight excluding hydrogens is 260 g/mol. The number of carbonyl (C=O) groups excluding carboxylic acids is 2. The largest absolute Gasteiger partial charge is 0.369 e. The van der Waals surface area contributed by atoms with E-state index in [1.165, 1.54) is 0 Å². The lowest BCUT2D eigenvalue weighted by molar-refractivity contribution is -0.119. The van der Waals surface area contributed by atoms with Crippen LogP contribution in [0.5, 0.6) is 0 Å². The molecule has 1 saturated heterocycles. The number of nitrogens with zero attached hydrogens (tertiary/aromatic N) is 3. The quantitative estimate of drug-likeness (QED) is 0.630. The van der Waals surface area contributed by atoms with Gasteiger partial charge in [0.15, 0.2) is 5.69 Å². The van der Waals surface area contributed by atoms with E-state index in [1.807, 2.05) is 4.90 Å². The summed E-state index contributed by atoms with van der Waals surface area (Å²) >= 11 is 0. The minimum atomic E-state index is -0.594. The van der Waals surface area contributed by atoms with Crippen molar-refractivity contribution in [3.8, 4) is 0 Å². The van der Waals surface area contributed by atoms with E-state index in [9.17, 15) is 9.59 Å². The van der Waals surface area contributed by atoms with Crippen LogP contribution in [0.4, 0.5) is 5.82 Å². The zero-order chi connectivity index (χ0) is 14.5. The van der Waals surface area contributed by atoms with Crippen LogP contribution in [0.2, 0.25) is 0 Å². The summed E-state index contributed by atoms with van der Waals surface area (Å²) in [5.74, 6) is -0.281. The molecule has 0 radical (unpaired) electrons. The number of rotatable bonds is 5. The van der Waals surface area contributed by atoms with Gasteiger partial charge in [0, 0.05) is 19.1 Å². The van der Waals surface area contributed by atoms with Gasteiger partial charge >= 0.3 is 0 Å². The summed E-state index contributed by atoms with van der Waals surface area (Å²) < 4.78 is 0. The van der Waals surface area contributed by atoms with Gasteiger partial charge in [-0.2, -0.15) is 0 Å². The third kappa shape index (κ3) is 3.89. The predicted molar refractivity (Wildman–Crippen MR) is 72.8 cm³/mol. The van der Waals surface area contributed by atoms with Gasteiger partial charge in [0.1, 0.15) is 5.82 Å². The van der Waals surface area contributed by atoms with Crippen molar-refractivity contribution < 1.29 is 9.59 Å². The molecule has 0 aliphatic carbocycles. The number of likely N-dealkylation sites (tertiary alicyclic amines) is 1. The van der Waals surface area contributed by atoms with Gasteiger partial charge < -0.3 is 16.8 Å². The molecule has 1 aliphatic heterocycles. The van der Waals surface area contributed by atoms with Crippen LogP contribution < -0.4 is 16.8 Å². The summed E-state index contributed by atoms with van der Waals surface area (Å²) in [7, 11) is 0. The third-order valence-electron chi connectivity index (χ3n) is 3.24. The van der Waals surface area contributed by atoms with E-state index in [4.69, 9.17) is 11.5 Å². The standard InChI is InChI=1S/C12H18N6O2/c13-10(19)7-18-5-3-8(4-6-18)15-11-2-1-9(12(14)20)16-17-11/h1-2,8H,3-7H2,(H2,13,19)(H2,14,20)(H,15,17). The lowest BCUT2D eigenvalue weighted by Gasteiger charge is -2.31. The third-order valence-corrected chi connectivity index (χ3v) is 3.24. The molecule has 108 valence electrons. The summed E-state index contributed by atoms with van der Waals surface area (Å²) in [6.07, 6.45) is 1.79. The van der Waals surface area contributed by atoms with Crippen molar-refractivity contribution in [2.45, 2.75) is 18.9 Å². The number of hydrogen-bond acceptors (Lipinski definition) is 6. The minimum absolute atomic E-state index is 0.145. The summed E-state index contributed by atoms with van der Waals surface area (Å²) in [5.41, 5.74) is 10.4. The van der Waals surface area contributed by atoms with E-state index < -0.39 is 5.91 Å². The first-order valence-electron chi connectivity index (χ1n) is 6.45. The highest BCUT2D eigenvalue weighted by Crippen LogP contribution is 2.14. The zero-order valence-electron chi connectivity index (χ0n) is 11.1. The maximum absolute atomic E-state index is 10.9. The topological polar surface area (TPSA) is 127 Å². The van der Waals surface area contributed by atoms with Gasteiger partial charge in [-0.05, 0) is 25.0 Å². The number of carbonyl (C=O) groups is 2. The van der Waals surface area contributed by atoms with Crippen molar-refractivity contribution in [1.82, 2.24) is 15.1 Å². The van der Waals surface area contributed by atoms with Crippen molar-refractivity contribution in [1.29, 1.82) is 0 Å². The minimum Gasteiger partial charge on any atom is -0.369 e. The molecule has 0 unspecified atom stereocenters. The fraction of sp³-hybridized carbons (Fsp3) is 0.500. The van der Waals surface area contributed by atoms with E-state index in [0.717, 1.165) is 25.9 Å². The van der Waals surface area contributed by atoms with Crippen LogP contribution in [0.1, 0.15) is 23.3 Å². The van der Waals surface area contributed by atoms with E-state index in [1.54, 1.807) is 12.1 Å². The van der Waals surface area contributed by atoms with Crippen LogP contribution >= 0.6 is 0 Å². The van der Waals surface area contributed by atoms with Gasteiger partial charge in [0.2, 0.25) is 5.91 Å². The summed E-state index contributed by atoms with van der Waals surface area (Å²) in [6, 6.07) is 3.50. The molecule has 0 atom stereocenters. The van der Waals surface area contributed by atoms with Crippen LogP contribution in [0, 0.1) is 0 Å². The fourth-order valence-electron chi connectivity index (χ4n) is 2.21. The number of nitrogens with one attached hydrogen (secondary N) is 1. The number of anilines is 1. The molecule has 0 bridgehead atoms. The molecule has 1 fully saturated rings. The molecule has 5 N–H and O–H groups in total. The Morgan fingerprint density at radius 2 is 1.95 bits per heavy atom. The van der Waals surface area contributed by atoms with Gasteiger partial charge in [0.05, 0.1) is 6.54 Å². The smallest absolute Gasteiger partial charge is 0.269 e. The van der Waals surface area contributed by atoms with E-state index in [2.05, 4.69) is 15.5 Å². The second kappa shape index (κ2) is 6.29. The molecule has 0 aromatic carbocycles. The number of nitrogens with two attached hydrogens (primary N) is 2. The monoisotopic (exact) mass is 278 g/mol. The van der Waals surface area contributed by atoms with Crippen molar-refractivity contribution in [3.05, 3.63) is 17.8 Å². The first-order chi connectivity index (χ1) is 9.54. The Morgan fingerprint density at radius 3 is 2.45 bits per heavy atom. The number of primary amides is 2. The number of amides is 2. The molecule has 2 rings (SSSR count). The number of piperidine rings is 1. The average Bonchev–Trinajstić information content (AvgIpc) is 2.41. The molecule has 8 heteroatoms. The molecule has 20 heavy (non-hydrogen) atoms. The zero-order valence-corrected chi connectivity index (χ0v) is 11.1. The van der Waals surface area contributed by atoms with Gasteiger partial charge in [0.25, 0.3) is 5.91 Å². The Balaban J connectivity index is 1.83. The van der Waals surface area contributed by atoms with Crippen molar-refractivity contribution >= 4 is 17.6 Å². The fourth-order valence-corrected chi connectivity index (χ4v) is 2.21. The molecule has 1 aromatic heterocycles. The van der Waals surface area contributed by atoms with Crippen molar-refractivity contribution in [3.63, 3.8) is 0 Å². The highest BCUT2D eigenvalue weighted by molar-refractivity contribution is 5.90. The number of hydrogen-bond donors (Lipinski definition) is 3. The Kier molecular flexibility index (Phi) is 4.46. The SMILES string of the molecule is NC(=O)CN1CCC(Nc2ccc(C(N)=O)nn2)CC1. The summed E-state index contributed by atoms with van der Waals surface area (Å²) in [5, 5.41) is 10.9. The van der Waals surface area contributed by atoms with Gasteiger partial charge in [-0.15, -0.1) is 10.2 Å². The molecule has 0 saturated carbocycles. The summed E-state index contributed by atoms with van der Waals surface area (Å²) in [4.78, 5) is 23.7. The maximum Gasteiger partial charge on any atom is 0.269 e. The van der Waals surface area contributed by atoms with Gasteiger partial charge in [-0.1, -0.05) is 0 Å². The van der Waals surface area contributed by atoms with Gasteiger partial charge in [-0.3, -0.25) is 14.5 Å². The van der Waals surface area contributed by atoms with Gasteiger partial charge in [-0.25, -0.2) is 0 Å². The highest BCUT2D eigenvalue weighted by atomic mass is 16.1. The molecule has 0 spiro atoms. The lowest BCUT2D eigenvalue weighted by atomic mass is 10.1. The predicted octanol–water partition coefficient (Wildman–Crippen LogP) is -1.06. The van der Waals surface area contributed by atoms with Crippen LogP contribution in [0.15, 0.2) is 12.1 Å². The highest BCUT2D eigenvalue weighted by Gasteiger charge is 2.20. The van der Waals surface area contributed by atoms with E-state index in [0.29, 0.717) is 12.4 Å². The van der Waals surface area contributed by atoms with Crippen LogP contribution in [0.3, 0.4) is 0 Å². The average molecular weight is 278 g/mol. The van der Waals surface area contributed by atoms with Crippen molar-refractivity contribution in [2.75, 3.05) is 25.0 Å². The normalized spacial score (nSPS) is 16.8. The molecule has 1 aromatic rings. The van der Waals surface area contributed by atoms with Crippen LogP contribution in [-0.2, 0) is 4.79 Å². The first-order valence-corrected chi connectivity index (χ1v) is 6.45. The molecule has 1 aliphatic rings. The summed E-state index contributed by atoms with van der Waals surface area (Å²) in [6.45, 7) is 1.93. The lowest BCUT2D eigenvalue weighted by Crippen LogP contribution is -2.43. The van der Waals surface area contributed by atoms with Crippen LogP contribution in [-0.4, -0.2) is 52.6 Å². The molecular formula is C12H18N6O2. The number of aromatic nitrogens is 2. The Hall–Kier alpha value is -2.22. The molecule has 2 amide bonds. The second-order valence-electron chi connectivity index (χ2n) is 4.83. The van der Waals surface area contributed by atoms with Crippen molar-refractivity contribution in [2.24, 2.45) is 11.5 Å². The second-order valence-corrected chi connectivity index (χ2v) is 4.83. The maximum atomic E-state index is 10.9. The van der Waals surface area contributed by atoms with E-state index in [-0.39, 0.29) is 17.6 Å². The Bertz CT molecular complexity index is 481. The van der Waals surface area contributed by atoms with E-state index >= 15 is 0 Å². The Labute approximate surface area is 116 Å². The Morgan fingerprint density at radius 1 is 1.25 bits per heavy atom. The molecule has 8 nitrogen and oxygen atoms in total. The van der Waals surface area contributed by atoms with Crippen LogP contribution in [0.25, 0.3) is 0 Å². The molecule has 2 heterocycles. The first kappa shape index (κ1) is 14.2.